The molecule has 0 spiro atoms. The Morgan fingerprint density at radius 2 is 1.71 bits per heavy atom. The second-order valence-electron chi connectivity index (χ2n) is 6.71. The Morgan fingerprint density at radius 3 is 2.19 bits per heavy atom. The van der Waals surface area contributed by atoms with E-state index in [1.807, 2.05) is 6.92 Å². The maximum Gasteiger partial charge on any atom is 0.315 e. The quantitative estimate of drug-likeness (QED) is 0.675. The summed E-state index contributed by atoms with van der Waals surface area (Å²) in [5, 5.41) is 15.0. The predicted molar refractivity (Wildman–Crippen MR) is 83.3 cm³/mol. The van der Waals surface area contributed by atoms with Gasteiger partial charge in [-0.2, -0.15) is 0 Å². The molecule has 0 saturated heterocycles. The van der Waals surface area contributed by atoms with Crippen molar-refractivity contribution in [2.45, 2.75) is 77.7 Å². The normalized spacial score (nSPS) is 18.0. The van der Waals surface area contributed by atoms with Gasteiger partial charge in [-0.05, 0) is 38.0 Å². The van der Waals surface area contributed by atoms with Crippen LogP contribution < -0.4 is 10.6 Å². The van der Waals surface area contributed by atoms with E-state index in [1.165, 1.54) is 0 Å². The molecule has 1 rings (SSSR count). The van der Waals surface area contributed by atoms with Crippen molar-refractivity contribution in [1.29, 1.82) is 0 Å². The van der Waals surface area contributed by atoms with E-state index in [2.05, 4.69) is 24.5 Å². The number of carbonyl (C=O) groups excluding carboxylic acids is 1. The molecule has 1 aliphatic carbocycles. The number of urea groups is 1. The second-order valence-corrected chi connectivity index (χ2v) is 6.71. The maximum absolute atomic E-state index is 12.1. The van der Waals surface area contributed by atoms with Crippen molar-refractivity contribution in [1.82, 2.24) is 10.6 Å². The second kappa shape index (κ2) is 7.66. The Labute approximate surface area is 127 Å². The molecule has 0 unspecified atom stereocenters. The summed E-state index contributed by atoms with van der Waals surface area (Å²) in [6, 6.07) is -0.184. The van der Waals surface area contributed by atoms with E-state index in [0.29, 0.717) is 6.54 Å². The summed E-state index contributed by atoms with van der Waals surface area (Å²) in [4.78, 5) is 23.2. The fourth-order valence-electron chi connectivity index (χ4n) is 3.05. The van der Waals surface area contributed by atoms with Crippen molar-refractivity contribution in [3.05, 3.63) is 0 Å². The third-order valence-corrected chi connectivity index (χ3v) is 5.04. The van der Waals surface area contributed by atoms with E-state index in [9.17, 15) is 9.59 Å². The number of carboxylic acid groups (broad SMARTS) is 1. The zero-order valence-corrected chi connectivity index (χ0v) is 13.6. The molecule has 1 aliphatic rings. The molecule has 0 bridgehead atoms. The van der Waals surface area contributed by atoms with Gasteiger partial charge in [0.1, 0.15) is 0 Å². The average Bonchev–Trinajstić information content (AvgIpc) is 2.45. The lowest BCUT2D eigenvalue weighted by Crippen LogP contribution is -2.52. The number of hydrogen-bond donors (Lipinski definition) is 3. The van der Waals surface area contributed by atoms with E-state index in [0.717, 1.165) is 44.9 Å². The summed E-state index contributed by atoms with van der Waals surface area (Å²) in [5.41, 5.74) is -0.465. The molecule has 1 saturated carbocycles. The molecule has 0 radical (unpaired) electrons. The standard InChI is InChI=1S/C16H30N2O3/c1-4-15(3,5-2)18-14(21)17-12-16(11-13(19)20)9-7-6-8-10-16/h4-12H2,1-3H3,(H,19,20)(H2,17,18,21). The van der Waals surface area contributed by atoms with Gasteiger partial charge in [0, 0.05) is 12.1 Å². The third-order valence-electron chi connectivity index (χ3n) is 5.04. The predicted octanol–water partition coefficient (Wildman–Crippen LogP) is 3.29. The van der Waals surface area contributed by atoms with Gasteiger partial charge in [0.05, 0.1) is 6.42 Å². The molecule has 0 heterocycles. The Hall–Kier alpha value is -1.26. The van der Waals surface area contributed by atoms with Crippen molar-refractivity contribution in [2.24, 2.45) is 5.41 Å². The number of amides is 2. The van der Waals surface area contributed by atoms with Gasteiger partial charge in [0.2, 0.25) is 0 Å². The molecule has 21 heavy (non-hydrogen) atoms. The summed E-state index contributed by atoms with van der Waals surface area (Å²) in [5.74, 6) is -0.772. The summed E-state index contributed by atoms with van der Waals surface area (Å²) in [6.07, 6.45) is 6.94. The Balaban J connectivity index is 2.56. The topological polar surface area (TPSA) is 78.4 Å². The van der Waals surface area contributed by atoms with E-state index in [1.54, 1.807) is 0 Å². The van der Waals surface area contributed by atoms with Crippen LogP contribution in [0.2, 0.25) is 0 Å². The van der Waals surface area contributed by atoms with E-state index >= 15 is 0 Å². The van der Waals surface area contributed by atoms with E-state index < -0.39 is 5.97 Å². The summed E-state index contributed by atoms with van der Waals surface area (Å²) < 4.78 is 0. The van der Waals surface area contributed by atoms with Crippen LogP contribution in [0.25, 0.3) is 0 Å². The highest BCUT2D eigenvalue weighted by molar-refractivity contribution is 5.75. The fourth-order valence-corrected chi connectivity index (χ4v) is 3.05. The van der Waals surface area contributed by atoms with Crippen molar-refractivity contribution in [3.63, 3.8) is 0 Å². The van der Waals surface area contributed by atoms with E-state index in [4.69, 9.17) is 5.11 Å². The number of aliphatic carboxylic acids is 1. The Bertz CT molecular complexity index is 359. The first kappa shape index (κ1) is 17.8. The molecule has 0 aromatic heterocycles. The lowest BCUT2D eigenvalue weighted by atomic mass is 9.72. The largest absolute Gasteiger partial charge is 0.481 e. The van der Waals surface area contributed by atoms with Crippen LogP contribution in [-0.4, -0.2) is 29.2 Å². The van der Waals surface area contributed by atoms with Crippen LogP contribution in [0.15, 0.2) is 0 Å². The van der Waals surface area contributed by atoms with Gasteiger partial charge >= 0.3 is 12.0 Å². The van der Waals surface area contributed by atoms with Gasteiger partial charge in [0.15, 0.2) is 0 Å². The first-order valence-corrected chi connectivity index (χ1v) is 8.12. The molecule has 0 aromatic carbocycles. The van der Waals surface area contributed by atoms with Gasteiger partial charge in [-0.1, -0.05) is 33.1 Å². The highest BCUT2D eigenvalue weighted by atomic mass is 16.4. The number of hydrogen-bond acceptors (Lipinski definition) is 2. The van der Waals surface area contributed by atoms with Crippen LogP contribution in [-0.2, 0) is 4.79 Å². The van der Waals surface area contributed by atoms with Crippen molar-refractivity contribution >= 4 is 12.0 Å². The lowest BCUT2D eigenvalue weighted by Gasteiger charge is -2.37. The highest BCUT2D eigenvalue weighted by Gasteiger charge is 2.35. The van der Waals surface area contributed by atoms with Crippen LogP contribution in [0.5, 0.6) is 0 Å². The van der Waals surface area contributed by atoms with Crippen LogP contribution in [0.3, 0.4) is 0 Å². The van der Waals surface area contributed by atoms with Gasteiger partial charge in [-0.25, -0.2) is 4.79 Å². The molecule has 0 aromatic rings. The molecule has 1 fully saturated rings. The Morgan fingerprint density at radius 1 is 1.14 bits per heavy atom. The monoisotopic (exact) mass is 298 g/mol. The molecule has 3 N–H and O–H groups in total. The maximum atomic E-state index is 12.1. The number of rotatable bonds is 7. The van der Waals surface area contributed by atoms with Crippen LogP contribution in [0, 0.1) is 5.41 Å². The third kappa shape index (κ3) is 5.56. The zero-order chi connectivity index (χ0) is 15.9. The van der Waals surface area contributed by atoms with Crippen LogP contribution >= 0.6 is 0 Å². The van der Waals surface area contributed by atoms with Gasteiger partial charge in [-0.15, -0.1) is 0 Å². The summed E-state index contributed by atoms with van der Waals surface area (Å²) >= 11 is 0. The van der Waals surface area contributed by atoms with Gasteiger partial charge in [0.25, 0.3) is 0 Å². The SMILES string of the molecule is CCC(C)(CC)NC(=O)NCC1(CC(=O)O)CCCCC1. The number of carbonyl (C=O) groups is 2. The number of carboxylic acids is 1. The van der Waals surface area contributed by atoms with Crippen molar-refractivity contribution in [2.75, 3.05) is 6.54 Å². The fraction of sp³-hybridized carbons (Fsp3) is 0.875. The zero-order valence-electron chi connectivity index (χ0n) is 13.6. The smallest absolute Gasteiger partial charge is 0.315 e. The van der Waals surface area contributed by atoms with Gasteiger partial charge < -0.3 is 15.7 Å². The van der Waals surface area contributed by atoms with Crippen molar-refractivity contribution in [3.8, 4) is 0 Å². The summed E-state index contributed by atoms with van der Waals surface area (Å²) in [6.45, 7) is 6.59. The average molecular weight is 298 g/mol. The molecular formula is C16H30N2O3. The molecule has 122 valence electrons. The number of nitrogens with one attached hydrogen (secondary N) is 2. The van der Waals surface area contributed by atoms with Gasteiger partial charge in [-0.3, -0.25) is 4.79 Å². The first-order valence-electron chi connectivity index (χ1n) is 8.12. The lowest BCUT2D eigenvalue weighted by molar-refractivity contribution is -0.140. The van der Waals surface area contributed by atoms with Crippen LogP contribution in [0.4, 0.5) is 4.79 Å². The molecule has 2 amide bonds. The Kier molecular flexibility index (Phi) is 6.49. The van der Waals surface area contributed by atoms with Crippen LogP contribution in [0.1, 0.15) is 72.1 Å². The first-order chi connectivity index (χ1) is 9.85. The minimum absolute atomic E-state index is 0.145. The van der Waals surface area contributed by atoms with Crippen molar-refractivity contribution < 1.29 is 14.7 Å². The minimum atomic E-state index is -0.772. The molecule has 0 aliphatic heterocycles. The molecule has 5 heteroatoms. The molecule has 0 atom stereocenters. The summed E-state index contributed by atoms with van der Waals surface area (Å²) in [7, 11) is 0. The van der Waals surface area contributed by atoms with E-state index in [-0.39, 0.29) is 23.4 Å². The minimum Gasteiger partial charge on any atom is -0.481 e. The molecular weight excluding hydrogens is 268 g/mol. The highest BCUT2D eigenvalue weighted by Crippen LogP contribution is 2.38. The molecule has 5 nitrogen and oxygen atoms in total.